The summed E-state index contributed by atoms with van der Waals surface area (Å²) in [5.74, 6) is 0.0452. The van der Waals surface area contributed by atoms with E-state index in [4.69, 9.17) is 9.84 Å². The van der Waals surface area contributed by atoms with Gasteiger partial charge >= 0.3 is 6.09 Å². The number of hydrogen-bond acceptors (Lipinski definition) is 4. The topological polar surface area (TPSA) is 69.0 Å². The maximum atomic E-state index is 14.9. The van der Waals surface area contributed by atoms with Crippen molar-refractivity contribution in [2.24, 2.45) is 0 Å². The standard InChI is InChI=1S/C22H28F2N4O2/c1-13-17(23)7-8-18(25-13)16-11-28(27-19(16)14-5-6-14)15-9-22(24,10-15)12-30-20(29)26-21(2,3)4/h7-8,11,14-15H,5-6,9-10,12H2,1-4H3,(H,26,29). The van der Waals surface area contributed by atoms with E-state index in [9.17, 15) is 13.6 Å². The fraction of sp³-hybridized carbons (Fsp3) is 0.591. The Morgan fingerprint density at radius 2 is 2.03 bits per heavy atom. The summed E-state index contributed by atoms with van der Waals surface area (Å²) in [6, 6.07) is 2.98. The van der Waals surface area contributed by atoms with Crippen LogP contribution in [0.3, 0.4) is 0 Å². The first kappa shape index (κ1) is 20.8. The van der Waals surface area contributed by atoms with Crippen LogP contribution >= 0.6 is 0 Å². The minimum absolute atomic E-state index is 0.0999. The Labute approximate surface area is 175 Å². The maximum Gasteiger partial charge on any atom is 0.407 e. The van der Waals surface area contributed by atoms with Gasteiger partial charge in [0.15, 0.2) is 0 Å². The number of nitrogens with one attached hydrogen (secondary N) is 1. The summed E-state index contributed by atoms with van der Waals surface area (Å²) in [5.41, 5.74) is 0.897. The van der Waals surface area contributed by atoms with E-state index in [1.807, 2.05) is 27.0 Å². The highest BCUT2D eigenvalue weighted by Gasteiger charge is 2.48. The Balaban J connectivity index is 1.43. The van der Waals surface area contributed by atoms with Crippen molar-refractivity contribution in [2.75, 3.05) is 6.61 Å². The van der Waals surface area contributed by atoms with Gasteiger partial charge in [-0.05, 0) is 52.7 Å². The molecule has 0 atom stereocenters. The molecule has 162 valence electrons. The summed E-state index contributed by atoms with van der Waals surface area (Å²) >= 11 is 0. The molecule has 4 rings (SSSR count). The molecule has 30 heavy (non-hydrogen) atoms. The van der Waals surface area contributed by atoms with Gasteiger partial charge in [0, 0.05) is 36.1 Å². The second-order valence-electron chi connectivity index (χ2n) is 9.61. The number of amides is 1. The number of pyridine rings is 1. The van der Waals surface area contributed by atoms with Crippen LogP contribution in [0.4, 0.5) is 13.6 Å². The summed E-state index contributed by atoms with van der Waals surface area (Å²) in [6.07, 6.45) is 3.88. The highest BCUT2D eigenvalue weighted by Crippen LogP contribution is 2.47. The lowest BCUT2D eigenvalue weighted by molar-refractivity contribution is -0.0429. The van der Waals surface area contributed by atoms with Crippen LogP contribution in [-0.2, 0) is 4.74 Å². The lowest BCUT2D eigenvalue weighted by Gasteiger charge is -2.40. The van der Waals surface area contributed by atoms with E-state index >= 15 is 0 Å². The fourth-order valence-electron chi connectivity index (χ4n) is 3.77. The zero-order valence-electron chi connectivity index (χ0n) is 17.8. The molecular formula is C22H28F2N4O2. The molecule has 0 aliphatic heterocycles. The molecule has 0 spiro atoms. The second kappa shape index (κ2) is 7.32. The molecule has 2 aromatic heterocycles. The Hall–Kier alpha value is -2.51. The summed E-state index contributed by atoms with van der Waals surface area (Å²) in [7, 11) is 0. The van der Waals surface area contributed by atoms with Crippen molar-refractivity contribution in [3.63, 3.8) is 0 Å². The maximum absolute atomic E-state index is 14.9. The molecule has 2 fully saturated rings. The third-order valence-corrected chi connectivity index (χ3v) is 5.54. The highest BCUT2D eigenvalue weighted by atomic mass is 19.1. The second-order valence-corrected chi connectivity index (χ2v) is 9.61. The van der Waals surface area contributed by atoms with Crippen LogP contribution in [0.2, 0.25) is 0 Å². The number of nitrogens with zero attached hydrogens (tertiary/aromatic N) is 3. The molecule has 2 aromatic rings. The largest absolute Gasteiger partial charge is 0.446 e. The molecule has 1 N–H and O–H groups in total. The number of alkyl halides is 1. The Kier molecular flexibility index (Phi) is 5.06. The minimum atomic E-state index is -1.55. The number of carbonyl (C=O) groups is 1. The average Bonchev–Trinajstić information content (AvgIpc) is 3.37. The third kappa shape index (κ3) is 4.47. The molecule has 0 radical (unpaired) electrons. The molecule has 1 amide bonds. The smallest absolute Gasteiger partial charge is 0.407 e. The van der Waals surface area contributed by atoms with Crippen molar-refractivity contribution < 1.29 is 18.3 Å². The van der Waals surface area contributed by atoms with Gasteiger partial charge in [-0.3, -0.25) is 4.68 Å². The van der Waals surface area contributed by atoms with Gasteiger partial charge in [0.25, 0.3) is 0 Å². The first-order chi connectivity index (χ1) is 14.0. The number of halogens is 2. The van der Waals surface area contributed by atoms with E-state index in [1.54, 1.807) is 17.7 Å². The van der Waals surface area contributed by atoms with Crippen LogP contribution in [-0.4, -0.2) is 38.7 Å². The van der Waals surface area contributed by atoms with E-state index in [0.717, 1.165) is 24.1 Å². The van der Waals surface area contributed by atoms with Crippen LogP contribution in [0.15, 0.2) is 18.3 Å². The van der Waals surface area contributed by atoms with Gasteiger partial charge in [0.1, 0.15) is 18.1 Å². The predicted octanol–water partition coefficient (Wildman–Crippen LogP) is 4.84. The molecule has 2 heterocycles. The first-order valence-corrected chi connectivity index (χ1v) is 10.4. The Morgan fingerprint density at radius 3 is 2.63 bits per heavy atom. The molecule has 0 unspecified atom stereocenters. The van der Waals surface area contributed by atoms with E-state index in [-0.39, 0.29) is 31.3 Å². The normalized spacial score (nSPS) is 23.7. The molecule has 0 saturated heterocycles. The Bertz CT molecular complexity index is 957. The van der Waals surface area contributed by atoms with Crippen LogP contribution in [0.5, 0.6) is 0 Å². The zero-order chi connectivity index (χ0) is 21.7. The van der Waals surface area contributed by atoms with Gasteiger partial charge < -0.3 is 10.1 Å². The summed E-state index contributed by atoms with van der Waals surface area (Å²) in [5, 5.41) is 7.39. The number of aryl methyl sites for hydroxylation is 1. The number of aromatic nitrogens is 3. The Morgan fingerprint density at radius 1 is 1.33 bits per heavy atom. The molecule has 0 aromatic carbocycles. The van der Waals surface area contributed by atoms with E-state index in [1.165, 1.54) is 6.07 Å². The van der Waals surface area contributed by atoms with Gasteiger partial charge in [-0.25, -0.2) is 18.6 Å². The van der Waals surface area contributed by atoms with E-state index in [2.05, 4.69) is 10.3 Å². The SMILES string of the molecule is Cc1nc(-c2cn(C3CC(F)(COC(=O)NC(C)(C)C)C3)nc2C2CC2)ccc1F. The minimum Gasteiger partial charge on any atom is -0.446 e. The summed E-state index contributed by atoms with van der Waals surface area (Å²) in [6.45, 7) is 6.88. The molecular weight excluding hydrogens is 390 g/mol. The van der Waals surface area contributed by atoms with Crippen LogP contribution in [0, 0.1) is 12.7 Å². The predicted molar refractivity (Wildman–Crippen MR) is 108 cm³/mol. The van der Waals surface area contributed by atoms with Crippen molar-refractivity contribution in [3.8, 4) is 11.3 Å². The molecule has 6 nitrogen and oxygen atoms in total. The van der Waals surface area contributed by atoms with Gasteiger partial charge in [0.05, 0.1) is 23.1 Å². The monoisotopic (exact) mass is 418 g/mol. The van der Waals surface area contributed by atoms with Gasteiger partial charge in [0.2, 0.25) is 0 Å². The zero-order valence-corrected chi connectivity index (χ0v) is 17.8. The van der Waals surface area contributed by atoms with Crippen molar-refractivity contribution in [3.05, 3.63) is 35.5 Å². The van der Waals surface area contributed by atoms with Crippen molar-refractivity contribution >= 4 is 6.09 Å². The number of ether oxygens (including phenoxy) is 1. The van der Waals surface area contributed by atoms with Crippen LogP contribution in [0.1, 0.15) is 69.8 Å². The van der Waals surface area contributed by atoms with Crippen LogP contribution < -0.4 is 5.32 Å². The average molecular weight is 418 g/mol. The van der Waals surface area contributed by atoms with Gasteiger partial charge in [-0.15, -0.1) is 0 Å². The van der Waals surface area contributed by atoms with Crippen molar-refractivity contribution in [1.29, 1.82) is 0 Å². The van der Waals surface area contributed by atoms with Crippen molar-refractivity contribution in [2.45, 2.75) is 76.5 Å². The number of rotatable bonds is 5. The molecule has 2 aliphatic carbocycles. The molecule has 2 saturated carbocycles. The molecule has 0 bridgehead atoms. The summed E-state index contributed by atoms with van der Waals surface area (Å²) in [4.78, 5) is 16.2. The van der Waals surface area contributed by atoms with Gasteiger partial charge in [-0.1, -0.05) is 0 Å². The quantitative estimate of drug-likeness (QED) is 0.755. The first-order valence-electron chi connectivity index (χ1n) is 10.4. The molecule has 8 heteroatoms. The third-order valence-electron chi connectivity index (χ3n) is 5.54. The number of hydrogen-bond donors (Lipinski definition) is 1. The molecule has 2 aliphatic rings. The van der Waals surface area contributed by atoms with E-state index < -0.39 is 17.3 Å². The summed E-state index contributed by atoms with van der Waals surface area (Å²) < 4.78 is 35.4. The highest BCUT2D eigenvalue weighted by molar-refractivity contribution is 5.68. The van der Waals surface area contributed by atoms with Gasteiger partial charge in [-0.2, -0.15) is 5.10 Å². The number of alkyl carbamates (subject to hydrolysis) is 1. The lowest BCUT2D eigenvalue weighted by Crippen LogP contribution is -2.48. The number of carbonyl (C=O) groups excluding carboxylic acids is 1. The lowest BCUT2D eigenvalue weighted by atomic mass is 9.78. The van der Waals surface area contributed by atoms with E-state index in [0.29, 0.717) is 17.3 Å². The fourth-order valence-corrected chi connectivity index (χ4v) is 3.77. The van der Waals surface area contributed by atoms with Crippen LogP contribution in [0.25, 0.3) is 11.3 Å². The van der Waals surface area contributed by atoms with Crippen molar-refractivity contribution in [1.82, 2.24) is 20.1 Å².